The summed E-state index contributed by atoms with van der Waals surface area (Å²) in [6, 6.07) is 1.97. The van der Waals surface area contributed by atoms with Crippen molar-refractivity contribution >= 4 is 16.0 Å². The van der Waals surface area contributed by atoms with E-state index in [0.29, 0.717) is 5.56 Å². The molecule has 0 saturated heterocycles. The Morgan fingerprint density at radius 2 is 2.15 bits per heavy atom. The SMILES string of the molecule is COCCC(NS(=O)(=O)c1cc(F)ccc1C)C(=O)O. The fraction of sp³-hybridized carbons (Fsp3) is 0.417. The zero-order chi connectivity index (χ0) is 15.3. The first-order chi connectivity index (χ1) is 9.27. The van der Waals surface area contributed by atoms with Crippen molar-refractivity contribution in [1.82, 2.24) is 4.72 Å². The van der Waals surface area contributed by atoms with E-state index in [-0.39, 0.29) is 17.9 Å². The molecule has 1 rings (SSSR count). The molecule has 0 radical (unpaired) electrons. The van der Waals surface area contributed by atoms with E-state index in [1.54, 1.807) is 0 Å². The highest BCUT2D eigenvalue weighted by atomic mass is 32.2. The number of aliphatic carboxylic acids is 1. The van der Waals surface area contributed by atoms with Gasteiger partial charge in [0.15, 0.2) is 0 Å². The molecule has 0 bridgehead atoms. The van der Waals surface area contributed by atoms with Gasteiger partial charge in [0.2, 0.25) is 10.0 Å². The van der Waals surface area contributed by atoms with Gasteiger partial charge in [0.05, 0.1) is 4.90 Å². The Balaban J connectivity index is 3.03. The number of hydrogen-bond acceptors (Lipinski definition) is 4. The minimum absolute atomic E-state index is 0.0283. The molecule has 2 N–H and O–H groups in total. The maximum atomic E-state index is 13.1. The number of rotatable bonds is 7. The number of sulfonamides is 1. The quantitative estimate of drug-likeness (QED) is 0.781. The summed E-state index contributed by atoms with van der Waals surface area (Å²) < 4.78 is 44.1. The van der Waals surface area contributed by atoms with Gasteiger partial charge < -0.3 is 9.84 Å². The minimum atomic E-state index is -4.11. The predicted molar refractivity (Wildman–Crippen MR) is 69.4 cm³/mol. The number of carboxylic acids is 1. The van der Waals surface area contributed by atoms with Crippen LogP contribution in [0.5, 0.6) is 0 Å². The molecule has 20 heavy (non-hydrogen) atoms. The number of nitrogens with one attached hydrogen (secondary N) is 1. The lowest BCUT2D eigenvalue weighted by Crippen LogP contribution is -2.41. The van der Waals surface area contributed by atoms with Crippen molar-refractivity contribution in [3.8, 4) is 0 Å². The normalized spacial score (nSPS) is 13.2. The van der Waals surface area contributed by atoms with Crippen LogP contribution in [-0.2, 0) is 19.6 Å². The van der Waals surface area contributed by atoms with E-state index in [0.717, 1.165) is 12.1 Å². The van der Waals surface area contributed by atoms with Gasteiger partial charge in [0, 0.05) is 13.7 Å². The van der Waals surface area contributed by atoms with Gasteiger partial charge >= 0.3 is 5.97 Å². The van der Waals surface area contributed by atoms with Crippen LogP contribution in [0.2, 0.25) is 0 Å². The molecule has 0 fully saturated rings. The molecule has 0 heterocycles. The third kappa shape index (κ3) is 4.26. The van der Waals surface area contributed by atoms with Crippen LogP contribution in [0.4, 0.5) is 4.39 Å². The number of benzene rings is 1. The lowest BCUT2D eigenvalue weighted by Gasteiger charge is -2.15. The molecule has 0 aliphatic carbocycles. The van der Waals surface area contributed by atoms with Crippen molar-refractivity contribution in [3.63, 3.8) is 0 Å². The van der Waals surface area contributed by atoms with E-state index in [1.165, 1.54) is 20.1 Å². The summed E-state index contributed by atoms with van der Waals surface area (Å²) in [5.41, 5.74) is 0.329. The molecular weight excluding hydrogens is 289 g/mol. The molecule has 1 unspecified atom stereocenters. The van der Waals surface area contributed by atoms with E-state index in [1.807, 2.05) is 4.72 Å². The van der Waals surface area contributed by atoms with Gasteiger partial charge in [-0.2, -0.15) is 4.72 Å². The smallest absolute Gasteiger partial charge is 0.321 e. The number of hydrogen-bond donors (Lipinski definition) is 2. The van der Waals surface area contributed by atoms with E-state index in [2.05, 4.69) is 0 Å². The molecule has 112 valence electrons. The third-order valence-corrected chi connectivity index (χ3v) is 4.26. The molecule has 0 amide bonds. The first kappa shape index (κ1) is 16.5. The van der Waals surface area contributed by atoms with Crippen molar-refractivity contribution in [3.05, 3.63) is 29.6 Å². The summed E-state index contributed by atoms with van der Waals surface area (Å²) in [4.78, 5) is 10.7. The van der Waals surface area contributed by atoms with Crippen LogP contribution < -0.4 is 4.72 Å². The minimum Gasteiger partial charge on any atom is -0.480 e. The number of carbonyl (C=O) groups is 1. The van der Waals surface area contributed by atoms with Crippen LogP contribution >= 0.6 is 0 Å². The summed E-state index contributed by atoms with van der Waals surface area (Å²) in [5, 5.41) is 8.98. The average Bonchev–Trinajstić information content (AvgIpc) is 2.36. The number of ether oxygens (including phenoxy) is 1. The van der Waals surface area contributed by atoms with Gasteiger partial charge in [0.1, 0.15) is 11.9 Å². The second kappa shape index (κ2) is 6.78. The topological polar surface area (TPSA) is 92.7 Å². The van der Waals surface area contributed by atoms with Crippen LogP contribution in [0, 0.1) is 12.7 Å². The lowest BCUT2D eigenvalue weighted by molar-refractivity contribution is -0.139. The van der Waals surface area contributed by atoms with Gasteiger partial charge in [-0.25, -0.2) is 12.8 Å². The Morgan fingerprint density at radius 1 is 1.50 bits per heavy atom. The molecule has 1 aromatic carbocycles. The first-order valence-electron chi connectivity index (χ1n) is 5.78. The highest BCUT2D eigenvalue weighted by Crippen LogP contribution is 2.17. The van der Waals surface area contributed by atoms with E-state index >= 15 is 0 Å². The van der Waals surface area contributed by atoms with Crippen molar-refractivity contribution in [2.45, 2.75) is 24.3 Å². The molecule has 0 aliphatic heterocycles. The Bertz CT molecular complexity index is 588. The molecule has 0 aliphatic rings. The molecule has 8 heteroatoms. The van der Waals surface area contributed by atoms with Crippen molar-refractivity contribution < 1.29 is 27.4 Å². The van der Waals surface area contributed by atoms with Crippen molar-refractivity contribution in [2.24, 2.45) is 0 Å². The molecule has 1 aromatic rings. The number of carboxylic acid groups (broad SMARTS) is 1. The average molecular weight is 305 g/mol. The van der Waals surface area contributed by atoms with Crippen molar-refractivity contribution in [2.75, 3.05) is 13.7 Å². The van der Waals surface area contributed by atoms with Gasteiger partial charge in [0.25, 0.3) is 0 Å². The molecular formula is C12H16FNO5S. The standard InChI is InChI=1S/C12H16FNO5S/c1-8-3-4-9(13)7-11(8)20(17,18)14-10(12(15)16)5-6-19-2/h3-4,7,10,14H,5-6H2,1-2H3,(H,15,16). The van der Waals surface area contributed by atoms with E-state index in [4.69, 9.17) is 9.84 Å². The zero-order valence-corrected chi connectivity index (χ0v) is 11.9. The van der Waals surface area contributed by atoms with Gasteiger partial charge in [-0.3, -0.25) is 4.79 Å². The molecule has 0 aromatic heterocycles. The van der Waals surface area contributed by atoms with Gasteiger partial charge in [-0.05, 0) is 31.0 Å². The fourth-order valence-corrected chi connectivity index (χ4v) is 3.06. The maximum Gasteiger partial charge on any atom is 0.321 e. The van der Waals surface area contributed by atoms with E-state index < -0.39 is 27.9 Å². The third-order valence-electron chi connectivity index (χ3n) is 2.65. The Kier molecular flexibility index (Phi) is 5.61. The monoisotopic (exact) mass is 305 g/mol. The number of aryl methyl sites for hydroxylation is 1. The Hall–Kier alpha value is -1.51. The summed E-state index contributed by atoms with van der Waals surface area (Å²) >= 11 is 0. The number of halogens is 1. The zero-order valence-electron chi connectivity index (χ0n) is 11.1. The highest BCUT2D eigenvalue weighted by Gasteiger charge is 2.26. The lowest BCUT2D eigenvalue weighted by atomic mass is 10.2. The second-order valence-electron chi connectivity index (χ2n) is 4.20. The highest BCUT2D eigenvalue weighted by molar-refractivity contribution is 7.89. The van der Waals surface area contributed by atoms with Crippen molar-refractivity contribution in [1.29, 1.82) is 0 Å². The van der Waals surface area contributed by atoms with Crippen LogP contribution in [0.25, 0.3) is 0 Å². The Morgan fingerprint density at radius 3 is 2.70 bits per heavy atom. The van der Waals surface area contributed by atoms with Crippen LogP contribution in [0.3, 0.4) is 0 Å². The van der Waals surface area contributed by atoms with Crippen LogP contribution in [-0.4, -0.2) is 39.3 Å². The summed E-state index contributed by atoms with van der Waals surface area (Å²) in [7, 11) is -2.74. The summed E-state index contributed by atoms with van der Waals surface area (Å²) in [6.07, 6.45) is -0.0283. The van der Waals surface area contributed by atoms with Gasteiger partial charge in [-0.15, -0.1) is 0 Å². The largest absolute Gasteiger partial charge is 0.480 e. The maximum absolute atomic E-state index is 13.1. The fourth-order valence-electron chi connectivity index (χ4n) is 1.58. The summed E-state index contributed by atoms with van der Waals surface area (Å²) in [5.74, 6) is -2.03. The summed E-state index contributed by atoms with van der Waals surface area (Å²) in [6.45, 7) is 1.58. The predicted octanol–water partition coefficient (Wildman–Crippen LogP) is 0.902. The van der Waals surface area contributed by atoms with Crippen LogP contribution in [0.1, 0.15) is 12.0 Å². The Labute approximate surface area is 116 Å². The first-order valence-corrected chi connectivity index (χ1v) is 7.26. The van der Waals surface area contributed by atoms with Crippen LogP contribution in [0.15, 0.2) is 23.1 Å². The second-order valence-corrected chi connectivity index (χ2v) is 5.89. The van der Waals surface area contributed by atoms with E-state index in [9.17, 15) is 17.6 Å². The number of methoxy groups -OCH3 is 1. The molecule has 1 atom stereocenters. The van der Waals surface area contributed by atoms with Gasteiger partial charge in [-0.1, -0.05) is 6.07 Å². The molecule has 0 spiro atoms. The molecule has 0 saturated carbocycles. The molecule has 6 nitrogen and oxygen atoms in total.